The molecule has 0 aliphatic rings. The Labute approximate surface area is 175 Å². The molecule has 0 saturated carbocycles. The van der Waals surface area contributed by atoms with Gasteiger partial charge >= 0.3 is 0 Å². The van der Waals surface area contributed by atoms with E-state index >= 15 is 0 Å². The fourth-order valence-corrected chi connectivity index (χ4v) is 3.73. The molecule has 2 amide bonds. The first kappa shape index (κ1) is 22.1. The van der Waals surface area contributed by atoms with Crippen LogP contribution in [-0.2, 0) is 21.9 Å². The zero-order valence-corrected chi connectivity index (χ0v) is 17.8. The molecule has 5 nitrogen and oxygen atoms in total. The van der Waals surface area contributed by atoms with Gasteiger partial charge in [-0.25, -0.2) is 0 Å². The third-order valence-electron chi connectivity index (χ3n) is 4.37. The van der Waals surface area contributed by atoms with E-state index in [9.17, 15) is 9.59 Å². The molecule has 2 aromatic carbocycles. The maximum Gasteiger partial charge on any atom is 0.242 e. The fourth-order valence-electron chi connectivity index (χ4n) is 2.66. The van der Waals surface area contributed by atoms with Crippen LogP contribution >= 0.6 is 23.4 Å². The molecule has 1 atom stereocenters. The van der Waals surface area contributed by atoms with Crippen LogP contribution in [0.15, 0.2) is 48.5 Å². The molecule has 150 valence electrons. The van der Waals surface area contributed by atoms with Gasteiger partial charge in [0, 0.05) is 24.4 Å². The lowest BCUT2D eigenvalue weighted by atomic mass is 10.1. The Morgan fingerprint density at radius 3 is 2.46 bits per heavy atom. The van der Waals surface area contributed by atoms with Crippen molar-refractivity contribution in [2.24, 2.45) is 0 Å². The summed E-state index contributed by atoms with van der Waals surface area (Å²) in [5, 5.41) is 3.19. The molecule has 0 unspecified atom stereocenters. The van der Waals surface area contributed by atoms with Crippen LogP contribution in [0.4, 0.5) is 0 Å². The molecule has 0 radical (unpaired) electrons. The SMILES string of the molecule is CNC(=O)[C@@H](C)N(Cc1ccccc1Cl)C(=O)CSCc1ccc(OC)cc1. The van der Waals surface area contributed by atoms with E-state index in [-0.39, 0.29) is 24.1 Å². The minimum absolute atomic E-state index is 0.102. The molecule has 28 heavy (non-hydrogen) atoms. The monoisotopic (exact) mass is 420 g/mol. The zero-order valence-electron chi connectivity index (χ0n) is 16.3. The molecule has 7 heteroatoms. The minimum Gasteiger partial charge on any atom is -0.497 e. The summed E-state index contributed by atoms with van der Waals surface area (Å²) in [6, 6.07) is 14.5. The molecule has 0 bridgehead atoms. The lowest BCUT2D eigenvalue weighted by Crippen LogP contribution is -2.47. The van der Waals surface area contributed by atoms with Gasteiger partial charge in [0.15, 0.2) is 0 Å². The van der Waals surface area contributed by atoms with Gasteiger partial charge in [0.25, 0.3) is 0 Å². The third-order valence-corrected chi connectivity index (χ3v) is 5.72. The number of methoxy groups -OCH3 is 1. The number of benzene rings is 2. The second-order valence-corrected chi connectivity index (χ2v) is 7.64. The Bertz CT molecular complexity index is 798. The van der Waals surface area contributed by atoms with E-state index in [1.54, 1.807) is 32.0 Å². The minimum atomic E-state index is -0.588. The molecule has 0 aromatic heterocycles. The summed E-state index contributed by atoms with van der Waals surface area (Å²) in [7, 11) is 3.19. The molecule has 0 spiro atoms. The fraction of sp³-hybridized carbons (Fsp3) is 0.333. The highest BCUT2D eigenvalue weighted by molar-refractivity contribution is 7.99. The van der Waals surface area contributed by atoms with Crippen LogP contribution in [0, 0.1) is 0 Å². The Morgan fingerprint density at radius 2 is 1.86 bits per heavy atom. The van der Waals surface area contributed by atoms with Crippen LogP contribution < -0.4 is 10.1 Å². The molecule has 2 aromatic rings. The van der Waals surface area contributed by atoms with Crippen molar-refractivity contribution in [3.63, 3.8) is 0 Å². The largest absolute Gasteiger partial charge is 0.497 e. The van der Waals surface area contributed by atoms with Gasteiger partial charge < -0.3 is 15.0 Å². The molecule has 1 N–H and O–H groups in total. The van der Waals surface area contributed by atoms with Crippen LogP contribution in [-0.4, -0.2) is 42.7 Å². The first-order valence-corrected chi connectivity index (χ1v) is 10.4. The van der Waals surface area contributed by atoms with Crippen LogP contribution in [0.1, 0.15) is 18.1 Å². The first-order valence-electron chi connectivity index (χ1n) is 8.91. The van der Waals surface area contributed by atoms with Gasteiger partial charge in [-0.15, -0.1) is 11.8 Å². The number of hydrogen-bond donors (Lipinski definition) is 1. The maximum absolute atomic E-state index is 12.9. The van der Waals surface area contributed by atoms with Crippen LogP contribution in [0.5, 0.6) is 5.75 Å². The highest BCUT2D eigenvalue weighted by Crippen LogP contribution is 2.21. The highest BCUT2D eigenvalue weighted by atomic mass is 35.5. The lowest BCUT2D eigenvalue weighted by molar-refractivity contribution is -0.138. The van der Waals surface area contributed by atoms with Crippen LogP contribution in [0.2, 0.25) is 5.02 Å². The first-order chi connectivity index (χ1) is 13.5. The topological polar surface area (TPSA) is 58.6 Å². The number of likely N-dealkylation sites (N-methyl/N-ethyl adjacent to an activating group) is 1. The normalized spacial score (nSPS) is 11.6. The van der Waals surface area contributed by atoms with E-state index < -0.39 is 6.04 Å². The summed E-state index contributed by atoms with van der Waals surface area (Å²) in [4.78, 5) is 26.6. The molecule has 0 heterocycles. The van der Waals surface area contributed by atoms with Gasteiger partial charge in [0.1, 0.15) is 11.8 Å². The number of ether oxygens (including phenoxy) is 1. The smallest absolute Gasteiger partial charge is 0.242 e. The van der Waals surface area contributed by atoms with E-state index in [1.165, 1.54) is 11.8 Å². The molecule has 0 fully saturated rings. The van der Waals surface area contributed by atoms with E-state index in [0.717, 1.165) is 16.9 Å². The van der Waals surface area contributed by atoms with E-state index in [2.05, 4.69) is 5.32 Å². The maximum atomic E-state index is 12.9. The molecule has 2 rings (SSSR count). The van der Waals surface area contributed by atoms with Crippen molar-refractivity contribution >= 4 is 35.2 Å². The Kier molecular flexibility index (Phi) is 8.67. The molecule has 0 aliphatic carbocycles. The number of halogens is 1. The number of carbonyl (C=O) groups excluding carboxylic acids is 2. The average molecular weight is 421 g/mol. The van der Waals surface area contributed by atoms with E-state index in [4.69, 9.17) is 16.3 Å². The van der Waals surface area contributed by atoms with Crippen molar-refractivity contribution in [1.82, 2.24) is 10.2 Å². The van der Waals surface area contributed by atoms with E-state index in [1.807, 2.05) is 42.5 Å². The lowest BCUT2D eigenvalue weighted by Gasteiger charge is -2.28. The average Bonchev–Trinajstić information content (AvgIpc) is 2.72. The number of hydrogen-bond acceptors (Lipinski definition) is 4. The Hall–Kier alpha value is -2.18. The predicted octanol–water partition coefficient (Wildman–Crippen LogP) is 3.75. The number of nitrogens with zero attached hydrogens (tertiary/aromatic N) is 1. The molecule has 0 aliphatic heterocycles. The predicted molar refractivity (Wildman–Crippen MR) is 115 cm³/mol. The van der Waals surface area contributed by atoms with Gasteiger partial charge in [-0.05, 0) is 36.2 Å². The van der Waals surface area contributed by atoms with Gasteiger partial charge in [-0.3, -0.25) is 9.59 Å². The van der Waals surface area contributed by atoms with E-state index in [0.29, 0.717) is 10.8 Å². The number of carbonyl (C=O) groups is 2. The third kappa shape index (κ3) is 6.17. The summed E-state index contributed by atoms with van der Waals surface area (Å²) in [6.07, 6.45) is 0. The van der Waals surface area contributed by atoms with Gasteiger partial charge in [0.2, 0.25) is 11.8 Å². The zero-order chi connectivity index (χ0) is 20.5. The summed E-state index contributed by atoms with van der Waals surface area (Å²) in [5.74, 6) is 1.47. The number of amides is 2. The van der Waals surface area contributed by atoms with Crippen molar-refractivity contribution in [1.29, 1.82) is 0 Å². The second-order valence-electron chi connectivity index (χ2n) is 6.24. The summed E-state index contributed by atoms with van der Waals surface area (Å²) >= 11 is 7.76. The number of nitrogens with one attached hydrogen (secondary N) is 1. The molecular formula is C21H25ClN2O3S. The summed E-state index contributed by atoms with van der Waals surface area (Å²) in [5.41, 5.74) is 1.92. The van der Waals surface area contributed by atoms with Crippen molar-refractivity contribution in [3.05, 3.63) is 64.7 Å². The standard InChI is InChI=1S/C21H25ClN2O3S/c1-15(21(26)23-2)24(12-17-6-4-5-7-19(17)22)20(25)14-28-13-16-8-10-18(27-3)11-9-16/h4-11,15H,12-14H2,1-3H3,(H,23,26)/t15-/m1/s1. The van der Waals surface area contributed by atoms with Gasteiger partial charge in [-0.2, -0.15) is 0 Å². The van der Waals surface area contributed by atoms with Gasteiger partial charge in [-0.1, -0.05) is 41.9 Å². The molecule has 0 saturated heterocycles. The summed E-state index contributed by atoms with van der Waals surface area (Å²) in [6.45, 7) is 2.01. The number of thioether (sulfide) groups is 1. The summed E-state index contributed by atoms with van der Waals surface area (Å²) < 4.78 is 5.15. The Morgan fingerprint density at radius 1 is 1.18 bits per heavy atom. The molecular weight excluding hydrogens is 396 g/mol. The number of rotatable bonds is 9. The van der Waals surface area contributed by atoms with Crippen LogP contribution in [0.3, 0.4) is 0 Å². The van der Waals surface area contributed by atoms with Crippen molar-refractivity contribution < 1.29 is 14.3 Å². The second kappa shape index (κ2) is 11.0. The van der Waals surface area contributed by atoms with Crippen molar-refractivity contribution in [3.8, 4) is 5.75 Å². The van der Waals surface area contributed by atoms with Gasteiger partial charge in [0.05, 0.1) is 12.9 Å². The van der Waals surface area contributed by atoms with Crippen molar-refractivity contribution in [2.75, 3.05) is 19.9 Å². The quantitative estimate of drug-likeness (QED) is 0.671. The Balaban J connectivity index is 2.03. The highest BCUT2D eigenvalue weighted by Gasteiger charge is 2.25. The van der Waals surface area contributed by atoms with Crippen LogP contribution in [0.25, 0.3) is 0 Å². The van der Waals surface area contributed by atoms with Crippen molar-refractivity contribution in [2.45, 2.75) is 25.3 Å².